The first-order valence-electron chi connectivity index (χ1n) is 11.4. The molecule has 0 fully saturated rings. The summed E-state index contributed by atoms with van der Waals surface area (Å²) in [5, 5.41) is 9.14. The third kappa shape index (κ3) is 7.96. The summed E-state index contributed by atoms with van der Waals surface area (Å²) in [6.45, 7) is 4.02. The van der Waals surface area contributed by atoms with Gasteiger partial charge < -0.3 is 24.8 Å². The number of thiocarbonyl (C=S) groups is 1. The Labute approximate surface area is 225 Å². The van der Waals surface area contributed by atoms with Crippen molar-refractivity contribution in [1.82, 2.24) is 15.3 Å². The zero-order valence-electron chi connectivity index (χ0n) is 21.6. The van der Waals surface area contributed by atoms with Crippen LogP contribution in [-0.2, 0) is 16.0 Å². The Morgan fingerprint density at radius 3 is 2.11 bits per heavy atom. The maximum absolute atomic E-state index is 12.1. The summed E-state index contributed by atoms with van der Waals surface area (Å²) in [5.41, 5.74) is 3.12. The molecule has 3 rings (SSSR count). The van der Waals surface area contributed by atoms with Crippen LogP contribution in [0.25, 0.3) is 0 Å². The first-order valence-corrected chi connectivity index (χ1v) is 11.8. The Kier molecular flexibility index (Phi) is 9.66. The molecule has 0 spiro atoms. The van der Waals surface area contributed by atoms with Crippen LogP contribution in [0.1, 0.15) is 37.7 Å². The molecule has 11 nitrogen and oxygen atoms in total. The highest BCUT2D eigenvalue weighted by Gasteiger charge is 2.15. The molecule has 38 heavy (non-hydrogen) atoms. The zero-order chi connectivity index (χ0) is 27.7. The van der Waals surface area contributed by atoms with Crippen molar-refractivity contribution in [3.05, 3.63) is 76.6 Å². The molecule has 198 valence electrons. The third-order valence-corrected chi connectivity index (χ3v) is 5.24. The van der Waals surface area contributed by atoms with Crippen LogP contribution >= 0.6 is 12.2 Å². The topological polar surface area (TPSA) is 136 Å². The molecule has 0 saturated carbocycles. The number of esters is 2. The fraction of sp³-hybridized carbons (Fsp3) is 0.231. The van der Waals surface area contributed by atoms with Crippen LogP contribution in [-0.4, -0.2) is 54.3 Å². The van der Waals surface area contributed by atoms with Crippen molar-refractivity contribution in [2.24, 2.45) is 4.99 Å². The lowest BCUT2D eigenvalue weighted by Crippen LogP contribution is -2.39. The highest BCUT2D eigenvalue weighted by atomic mass is 32.1. The fourth-order valence-electron chi connectivity index (χ4n) is 3.38. The van der Waals surface area contributed by atoms with Crippen LogP contribution in [0.15, 0.2) is 53.5 Å². The first-order chi connectivity index (χ1) is 18.2. The summed E-state index contributed by atoms with van der Waals surface area (Å²) in [4.78, 5) is 37.6. The summed E-state index contributed by atoms with van der Waals surface area (Å²) >= 11 is 5.49. The normalized spacial score (nSPS) is 10.8. The Balaban J connectivity index is 1.86. The second kappa shape index (κ2) is 13.1. The number of guanidine groups is 1. The van der Waals surface area contributed by atoms with Gasteiger partial charge in [0.2, 0.25) is 11.9 Å². The van der Waals surface area contributed by atoms with Gasteiger partial charge in [-0.05, 0) is 68.0 Å². The molecule has 0 amide bonds. The van der Waals surface area contributed by atoms with Gasteiger partial charge >= 0.3 is 11.9 Å². The van der Waals surface area contributed by atoms with Gasteiger partial charge in [-0.3, -0.25) is 5.32 Å². The molecule has 12 heteroatoms. The molecule has 0 atom stereocenters. The molecular weight excluding hydrogens is 508 g/mol. The van der Waals surface area contributed by atoms with E-state index in [4.69, 9.17) is 26.4 Å². The van der Waals surface area contributed by atoms with Gasteiger partial charge in [0.15, 0.2) is 5.11 Å². The molecule has 1 heterocycles. The lowest BCUT2D eigenvalue weighted by molar-refractivity contribution is 0.0599. The van der Waals surface area contributed by atoms with Gasteiger partial charge in [0, 0.05) is 17.1 Å². The van der Waals surface area contributed by atoms with E-state index in [0.717, 1.165) is 17.0 Å². The Morgan fingerprint density at radius 1 is 0.895 bits per heavy atom. The maximum Gasteiger partial charge on any atom is 0.337 e. The van der Waals surface area contributed by atoms with Crippen molar-refractivity contribution in [2.75, 3.05) is 32.0 Å². The molecule has 0 aliphatic carbocycles. The van der Waals surface area contributed by atoms with Crippen molar-refractivity contribution in [1.29, 1.82) is 0 Å². The minimum atomic E-state index is -0.619. The van der Waals surface area contributed by atoms with E-state index in [2.05, 4.69) is 30.9 Å². The quantitative estimate of drug-likeness (QED) is 0.177. The molecule has 3 aromatic rings. The largest absolute Gasteiger partial charge is 0.497 e. The van der Waals surface area contributed by atoms with Crippen molar-refractivity contribution in [3.8, 4) is 5.75 Å². The number of nitrogens with one attached hydrogen (secondary N) is 3. The van der Waals surface area contributed by atoms with Gasteiger partial charge in [0.1, 0.15) is 5.75 Å². The van der Waals surface area contributed by atoms with E-state index in [0.29, 0.717) is 23.9 Å². The number of rotatable bonds is 7. The highest BCUT2D eigenvalue weighted by molar-refractivity contribution is 7.80. The van der Waals surface area contributed by atoms with Crippen molar-refractivity contribution < 1.29 is 23.8 Å². The average Bonchev–Trinajstić information content (AvgIpc) is 2.90. The Bertz CT molecular complexity index is 1320. The predicted octanol–water partition coefficient (Wildman–Crippen LogP) is 3.63. The van der Waals surface area contributed by atoms with Crippen LogP contribution in [0.5, 0.6) is 5.75 Å². The second-order valence-electron chi connectivity index (χ2n) is 7.98. The Hall–Kier alpha value is -4.58. The van der Waals surface area contributed by atoms with E-state index in [1.807, 2.05) is 44.2 Å². The van der Waals surface area contributed by atoms with Gasteiger partial charge in [0.25, 0.3) is 0 Å². The molecule has 0 aliphatic heterocycles. The summed E-state index contributed by atoms with van der Waals surface area (Å²) in [7, 11) is 4.09. The van der Waals surface area contributed by atoms with E-state index in [9.17, 15) is 9.59 Å². The van der Waals surface area contributed by atoms with Crippen LogP contribution in [0.4, 0.5) is 11.6 Å². The van der Waals surface area contributed by atoms with Gasteiger partial charge in [-0.15, -0.1) is 0 Å². The second-order valence-corrected chi connectivity index (χ2v) is 8.39. The van der Waals surface area contributed by atoms with Crippen LogP contribution in [0.3, 0.4) is 0 Å². The summed E-state index contributed by atoms with van der Waals surface area (Å²) < 4.78 is 14.9. The number of carbonyl (C=O) groups excluding carboxylic acids is 2. The van der Waals surface area contributed by atoms with Gasteiger partial charge in [-0.1, -0.05) is 12.1 Å². The summed E-state index contributed by atoms with van der Waals surface area (Å²) in [6, 6.07) is 13.7. The van der Waals surface area contributed by atoms with Gasteiger partial charge in [-0.2, -0.15) is 0 Å². The number of aliphatic imine (C=N–C) groups is 1. The van der Waals surface area contributed by atoms with E-state index in [-0.39, 0.29) is 22.2 Å². The molecule has 2 aromatic carbocycles. The monoisotopic (exact) mass is 536 g/mol. The standard InChI is InChI=1S/C26H28N6O5S/c1-15-9-16(2)29-25(28-15)31-24(27-14-17-7-6-8-21(10-17)35-3)32-26(38)30-20-12-18(22(33)36-4)11-19(13-20)23(34)37-5/h6-13H,14H2,1-5H3,(H3,27,28,29,30,31,32,38). The van der Waals surface area contributed by atoms with Crippen molar-refractivity contribution >= 4 is 46.9 Å². The number of hydrogen-bond donors (Lipinski definition) is 3. The maximum atomic E-state index is 12.1. The smallest absolute Gasteiger partial charge is 0.337 e. The molecule has 0 bridgehead atoms. The molecule has 0 saturated heterocycles. The number of methoxy groups -OCH3 is 3. The highest BCUT2D eigenvalue weighted by Crippen LogP contribution is 2.17. The minimum absolute atomic E-state index is 0.129. The number of nitrogens with zero attached hydrogens (tertiary/aromatic N) is 3. The molecule has 0 radical (unpaired) electrons. The van der Waals surface area contributed by atoms with E-state index < -0.39 is 11.9 Å². The van der Waals surface area contributed by atoms with E-state index in [1.165, 1.54) is 32.4 Å². The van der Waals surface area contributed by atoms with E-state index in [1.54, 1.807) is 7.11 Å². The minimum Gasteiger partial charge on any atom is -0.497 e. The number of aryl methyl sites for hydroxylation is 2. The third-order valence-electron chi connectivity index (χ3n) is 5.03. The fourth-order valence-corrected chi connectivity index (χ4v) is 3.59. The number of anilines is 2. The van der Waals surface area contributed by atoms with Crippen LogP contribution < -0.4 is 20.7 Å². The van der Waals surface area contributed by atoms with Crippen molar-refractivity contribution in [2.45, 2.75) is 20.4 Å². The van der Waals surface area contributed by atoms with Crippen LogP contribution in [0, 0.1) is 13.8 Å². The first kappa shape index (κ1) is 28.0. The van der Waals surface area contributed by atoms with Gasteiger partial charge in [-0.25, -0.2) is 24.5 Å². The number of ether oxygens (including phenoxy) is 3. The zero-order valence-corrected chi connectivity index (χ0v) is 22.4. The van der Waals surface area contributed by atoms with Crippen molar-refractivity contribution in [3.63, 3.8) is 0 Å². The predicted molar refractivity (Wildman–Crippen MR) is 148 cm³/mol. The van der Waals surface area contributed by atoms with Crippen LogP contribution in [0.2, 0.25) is 0 Å². The number of hydrogen-bond acceptors (Lipinski definition) is 9. The SMILES string of the molecule is COC(=O)c1cc(NC(=S)NC(=NCc2cccc(OC)c2)Nc2nc(C)cc(C)n2)cc(C(=O)OC)c1. The molecule has 0 unspecified atom stereocenters. The summed E-state index contributed by atoms with van der Waals surface area (Å²) in [5.74, 6) is 0.0797. The average molecular weight is 537 g/mol. The molecule has 3 N–H and O–H groups in total. The Morgan fingerprint density at radius 2 is 1.53 bits per heavy atom. The lowest BCUT2D eigenvalue weighted by atomic mass is 10.1. The summed E-state index contributed by atoms with van der Waals surface area (Å²) in [6.07, 6.45) is 0. The lowest BCUT2D eigenvalue weighted by Gasteiger charge is -2.15. The van der Waals surface area contributed by atoms with Gasteiger partial charge in [0.05, 0.1) is 39.0 Å². The molecular formula is C26H28N6O5S. The molecule has 0 aliphatic rings. The number of carbonyl (C=O) groups is 2. The number of benzene rings is 2. The number of aromatic nitrogens is 2. The molecule has 1 aromatic heterocycles. The van der Waals surface area contributed by atoms with E-state index >= 15 is 0 Å².